The Kier molecular flexibility index (Phi) is 7.04. The van der Waals surface area contributed by atoms with Crippen LogP contribution in [0.25, 0.3) is 0 Å². The zero-order chi connectivity index (χ0) is 20.0. The SMILES string of the molecule is C=CCNC(=O)CNc1ccc(C)cc1S(=O)(=O)c1ccc(OC)c(Br)c1. The number of methoxy groups -OCH3 is 1. The van der Waals surface area contributed by atoms with E-state index in [2.05, 4.69) is 33.1 Å². The summed E-state index contributed by atoms with van der Waals surface area (Å²) in [5.41, 5.74) is 1.16. The average molecular weight is 453 g/mol. The third kappa shape index (κ3) is 5.11. The maximum Gasteiger partial charge on any atom is 0.239 e. The predicted molar refractivity (Wildman–Crippen MR) is 109 cm³/mol. The van der Waals surface area contributed by atoms with E-state index >= 15 is 0 Å². The van der Waals surface area contributed by atoms with Crippen molar-refractivity contribution in [1.82, 2.24) is 5.32 Å². The standard InChI is InChI=1S/C19H21BrN2O4S/c1-4-9-21-19(23)12-22-16-7-5-13(2)10-18(16)27(24,25)14-6-8-17(26-3)15(20)11-14/h4-8,10-11,22H,1,9,12H2,2-3H3,(H,21,23). The van der Waals surface area contributed by atoms with Gasteiger partial charge in [0.2, 0.25) is 15.7 Å². The number of hydrogen-bond acceptors (Lipinski definition) is 5. The molecule has 0 atom stereocenters. The predicted octanol–water partition coefficient (Wildman–Crippen LogP) is 3.31. The smallest absolute Gasteiger partial charge is 0.239 e. The van der Waals surface area contributed by atoms with Crippen molar-refractivity contribution in [1.29, 1.82) is 0 Å². The number of hydrogen-bond donors (Lipinski definition) is 2. The van der Waals surface area contributed by atoms with Crippen molar-refractivity contribution in [2.24, 2.45) is 0 Å². The maximum absolute atomic E-state index is 13.2. The van der Waals surface area contributed by atoms with E-state index < -0.39 is 9.84 Å². The molecule has 27 heavy (non-hydrogen) atoms. The summed E-state index contributed by atoms with van der Waals surface area (Å²) in [7, 11) is -2.29. The molecule has 0 bridgehead atoms. The highest BCUT2D eigenvalue weighted by atomic mass is 79.9. The first-order chi connectivity index (χ1) is 12.8. The number of nitrogens with one attached hydrogen (secondary N) is 2. The number of carbonyl (C=O) groups is 1. The van der Waals surface area contributed by atoms with Crippen molar-refractivity contribution in [2.75, 3.05) is 25.5 Å². The lowest BCUT2D eigenvalue weighted by atomic mass is 10.2. The molecule has 0 aliphatic heterocycles. The first kappa shape index (κ1) is 21.0. The fraction of sp³-hybridized carbons (Fsp3) is 0.211. The third-order valence-electron chi connectivity index (χ3n) is 3.74. The maximum atomic E-state index is 13.2. The van der Waals surface area contributed by atoms with Gasteiger partial charge in [0.25, 0.3) is 0 Å². The van der Waals surface area contributed by atoms with Crippen LogP contribution in [0, 0.1) is 6.92 Å². The van der Waals surface area contributed by atoms with Crippen LogP contribution in [0.5, 0.6) is 5.75 Å². The lowest BCUT2D eigenvalue weighted by Gasteiger charge is -2.14. The summed E-state index contributed by atoms with van der Waals surface area (Å²) in [5.74, 6) is 0.279. The van der Waals surface area contributed by atoms with Gasteiger partial charge in [-0.25, -0.2) is 8.42 Å². The van der Waals surface area contributed by atoms with Crippen LogP contribution < -0.4 is 15.4 Å². The van der Waals surface area contributed by atoms with Gasteiger partial charge in [-0.05, 0) is 58.7 Å². The van der Waals surface area contributed by atoms with E-state index in [0.717, 1.165) is 5.56 Å². The van der Waals surface area contributed by atoms with Crippen molar-refractivity contribution in [3.63, 3.8) is 0 Å². The molecule has 6 nitrogen and oxygen atoms in total. The summed E-state index contributed by atoms with van der Waals surface area (Å²) in [6.07, 6.45) is 1.57. The normalized spacial score (nSPS) is 10.9. The van der Waals surface area contributed by atoms with Gasteiger partial charge >= 0.3 is 0 Å². The van der Waals surface area contributed by atoms with Gasteiger partial charge in [0, 0.05) is 6.54 Å². The number of anilines is 1. The van der Waals surface area contributed by atoms with Gasteiger partial charge in [-0.2, -0.15) is 0 Å². The first-order valence-electron chi connectivity index (χ1n) is 8.10. The van der Waals surface area contributed by atoms with Gasteiger partial charge in [-0.1, -0.05) is 12.1 Å². The largest absolute Gasteiger partial charge is 0.496 e. The Morgan fingerprint density at radius 3 is 2.63 bits per heavy atom. The van der Waals surface area contributed by atoms with E-state index in [9.17, 15) is 13.2 Å². The molecule has 2 aromatic carbocycles. The van der Waals surface area contributed by atoms with Crippen LogP contribution in [-0.2, 0) is 14.6 Å². The van der Waals surface area contributed by atoms with E-state index in [4.69, 9.17) is 4.74 Å². The Hall–Kier alpha value is -2.32. The number of rotatable bonds is 8. The van der Waals surface area contributed by atoms with Crippen molar-refractivity contribution in [2.45, 2.75) is 16.7 Å². The number of amides is 1. The van der Waals surface area contributed by atoms with Gasteiger partial charge in [0.1, 0.15) is 5.75 Å². The molecule has 0 unspecified atom stereocenters. The summed E-state index contributed by atoms with van der Waals surface area (Å²) >= 11 is 3.31. The molecule has 2 aromatic rings. The van der Waals surface area contributed by atoms with E-state index in [1.54, 1.807) is 30.3 Å². The van der Waals surface area contributed by atoms with E-state index in [0.29, 0.717) is 22.5 Å². The summed E-state index contributed by atoms with van der Waals surface area (Å²) in [4.78, 5) is 12.0. The Labute approximate surface area is 167 Å². The van der Waals surface area contributed by atoms with Gasteiger partial charge < -0.3 is 15.4 Å². The Balaban J connectivity index is 2.38. The van der Waals surface area contributed by atoms with Crippen molar-refractivity contribution < 1.29 is 17.9 Å². The number of aryl methyl sites for hydroxylation is 1. The minimum absolute atomic E-state index is 0.0499. The van der Waals surface area contributed by atoms with Gasteiger partial charge in [0.05, 0.1) is 33.6 Å². The van der Waals surface area contributed by atoms with Gasteiger partial charge in [0.15, 0.2) is 0 Å². The summed E-state index contributed by atoms with van der Waals surface area (Å²) in [5, 5.41) is 5.54. The highest BCUT2D eigenvalue weighted by Crippen LogP contribution is 2.33. The van der Waals surface area contributed by atoms with Gasteiger partial charge in [-0.3, -0.25) is 4.79 Å². The highest BCUT2D eigenvalue weighted by molar-refractivity contribution is 9.10. The molecule has 8 heteroatoms. The third-order valence-corrected chi connectivity index (χ3v) is 6.15. The Morgan fingerprint density at radius 1 is 1.26 bits per heavy atom. The number of benzene rings is 2. The monoisotopic (exact) mass is 452 g/mol. The molecule has 0 radical (unpaired) electrons. The second-order valence-electron chi connectivity index (χ2n) is 5.75. The topological polar surface area (TPSA) is 84.5 Å². The summed E-state index contributed by atoms with van der Waals surface area (Å²) in [6.45, 7) is 5.64. The molecule has 0 spiro atoms. The molecule has 0 fully saturated rings. The Bertz CT molecular complexity index is 958. The zero-order valence-corrected chi connectivity index (χ0v) is 17.5. The molecule has 0 saturated heterocycles. The number of carbonyl (C=O) groups excluding carboxylic acids is 1. The molecule has 1 amide bonds. The number of ether oxygens (including phenoxy) is 1. The molecule has 0 aliphatic carbocycles. The lowest BCUT2D eigenvalue weighted by Crippen LogP contribution is -2.30. The molecular weight excluding hydrogens is 432 g/mol. The fourth-order valence-electron chi connectivity index (χ4n) is 2.36. The first-order valence-corrected chi connectivity index (χ1v) is 10.4. The minimum Gasteiger partial charge on any atom is -0.496 e. The highest BCUT2D eigenvalue weighted by Gasteiger charge is 2.23. The second kappa shape index (κ2) is 9.05. The number of sulfone groups is 1. The zero-order valence-electron chi connectivity index (χ0n) is 15.1. The fourth-order valence-corrected chi connectivity index (χ4v) is 4.60. The van der Waals surface area contributed by atoms with E-state index in [1.165, 1.54) is 19.2 Å². The van der Waals surface area contributed by atoms with Crippen molar-refractivity contribution >= 4 is 37.4 Å². The summed E-state index contributed by atoms with van der Waals surface area (Å²) < 4.78 is 32.0. The van der Waals surface area contributed by atoms with Crippen molar-refractivity contribution in [3.05, 3.63) is 59.1 Å². The molecule has 0 aliphatic rings. The molecule has 0 heterocycles. The van der Waals surface area contributed by atoms with E-state index in [1.807, 2.05) is 6.92 Å². The molecule has 0 saturated carbocycles. The molecule has 2 rings (SSSR count). The average Bonchev–Trinajstić information content (AvgIpc) is 2.65. The molecule has 0 aromatic heterocycles. The van der Waals surface area contributed by atoms with Crippen LogP contribution in [0.2, 0.25) is 0 Å². The van der Waals surface area contributed by atoms with Crippen LogP contribution in [0.15, 0.2) is 63.3 Å². The molecule has 2 N–H and O–H groups in total. The van der Waals surface area contributed by atoms with Crippen LogP contribution in [-0.4, -0.2) is 34.5 Å². The van der Waals surface area contributed by atoms with Gasteiger partial charge in [-0.15, -0.1) is 6.58 Å². The number of halogens is 1. The van der Waals surface area contributed by atoms with Crippen LogP contribution >= 0.6 is 15.9 Å². The summed E-state index contributed by atoms with van der Waals surface area (Å²) in [6, 6.07) is 9.59. The van der Waals surface area contributed by atoms with Crippen LogP contribution in [0.1, 0.15) is 5.56 Å². The Morgan fingerprint density at radius 2 is 2.00 bits per heavy atom. The van der Waals surface area contributed by atoms with Crippen molar-refractivity contribution in [3.8, 4) is 5.75 Å². The minimum atomic E-state index is -3.80. The molecular formula is C19H21BrN2O4S. The second-order valence-corrected chi connectivity index (χ2v) is 8.52. The quantitative estimate of drug-likeness (QED) is 0.600. The molecule has 144 valence electrons. The van der Waals surface area contributed by atoms with E-state index in [-0.39, 0.29) is 22.2 Å². The van der Waals surface area contributed by atoms with Crippen LogP contribution in [0.4, 0.5) is 5.69 Å². The van der Waals surface area contributed by atoms with Crippen LogP contribution in [0.3, 0.4) is 0 Å². The lowest BCUT2D eigenvalue weighted by molar-refractivity contribution is -0.119.